The SMILES string of the molecule is CC(C)n1c(=O)n(-c2ccc(Oc3nc4cccnc4n3C)cc2)c2ncccc21.Cn1c(S(C)(=O)=O)nc2cccnc21. The number of pyridine rings is 3. The Bertz CT molecular complexity index is 2310. The second-order valence-electron chi connectivity index (χ2n) is 10.4. The molecule has 1 aromatic carbocycles. The number of hydrogen-bond acceptors (Lipinski definition) is 9. The monoisotopic (exact) mass is 611 g/mol. The molecule has 13 nitrogen and oxygen atoms in total. The van der Waals surface area contributed by atoms with Crippen LogP contribution in [-0.2, 0) is 23.9 Å². The first-order chi connectivity index (χ1) is 21.0. The third-order valence-corrected chi connectivity index (χ3v) is 7.99. The lowest BCUT2D eigenvalue weighted by atomic mass is 10.3. The Morgan fingerprint density at radius 3 is 1.89 bits per heavy atom. The van der Waals surface area contributed by atoms with E-state index in [1.807, 2.05) is 69.4 Å². The summed E-state index contributed by atoms with van der Waals surface area (Å²) in [6.45, 7) is 3.97. The number of fused-ring (bicyclic) bond motifs is 3. The lowest BCUT2D eigenvalue weighted by Gasteiger charge is -2.07. The van der Waals surface area contributed by atoms with Crippen LogP contribution in [0.2, 0.25) is 0 Å². The number of aromatic nitrogens is 9. The third kappa shape index (κ3) is 5.08. The number of nitrogens with zero attached hydrogens (tertiary/aromatic N) is 9. The summed E-state index contributed by atoms with van der Waals surface area (Å²) in [5, 5.41) is 0.0474. The van der Waals surface area contributed by atoms with E-state index in [0.717, 1.165) is 28.6 Å². The molecule has 7 aromatic rings. The zero-order valence-corrected chi connectivity index (χ0v) is 25.5. The van der Waals surface area contributed by atoms with Gasteiger partial charge in [0.05, 0.1) is 11.2 Å². The molecule has 0 bridgehead atoms. The average molecular weight is 612 g/mol. The third-order valence-electron chi connectivity index (χ3n) is 6.96. The highest BCUT2D eigenvalue weighted by atomic mass is 32.2. The minimum Gasteiger partial charge on any atom is -0.425 e. The van der Waals surface area contributed by atoms with Crippen molar-refractivity contribution in [3.8, 4) is 17.4 Å². The van der Waals surface area contributed by atoms with Crippen LogP contribution in [0.25, 0.3) is 39.2 Å². The maximum atomic E-state index is 13.1. The number of benzene rings is 1. The van der Waals surface area contributed by atoms with Gasteiger partial charge in [-0.15, -0.1) is 0 Å². The van der Waals surface area contributed by atoms with Crippen LogP contribution in [-0.4, -0.2) is 57.9 Å². The summed E-state index contributed by atoms with van der Waals surface area (Å²) in [5.41, 5.74) is 4.74. The summed E-state index contributed by atoms with van der Waals surface area (Å²) in [6.07, 6.45) is 6.16. The van der Waals surface area contributed by atoms with Gasteiger partial charge in [0.1, 0.15) is 16.8 Å². The van der Waals surface area contributed by atoms with Gasteiger partial charge in [-0.25, -0.2) is 37.7 Å². The van der Waals surface area contributed by atoms with Crippen molar-refractivity contribution in [3.05, 3.63) is 89.7 Å². The molecule has 0 fully saturated rings. The van der Waals surface area contributed by atoms with Crippen molar-refractivity contribution in [1.82, 2.24) is 43.2 Å². The molecule has 0 saturated carbocycles. The molecule has 14 heteroatoms. The molecular formula is C30H29N9O4S. The number of hydrogen-bond donors (Lipinski definition) is 0. The van der Waals surface area contributed by atoms with Gasteiger partial charge in [-0.2, -0.15) is 4.98 Å². The van der Waals surface area contributed by atoms with Crippen LogP contribution in [0.4, 0.5) is 0 Å². The minimum atomic E-state index is -3.28. The van der Waals surface area contributed by atoms with E-state index in [9.17, 15) is 13.2 Å². The molecule has 44 heavy (non-hydrogen) atoms. The largest absolute Gasteiger partial charge is 0.425 e. The first-order valence-electron chi connectivity index (χ1n) is 13.7. The molecular weight excluding hydrogens is 582 g/mol. The van der Waals surface area contributed by atoms with Gasteiger partial charge in [0.25, 0.3) is 0 Å². The van der Waals surface area contributed by atoms with E-state index in [4.69, 9.17) is 4.74 Å². The van der Waals surface area contributed by atoms with E-state index in [1.54, 1.807) is 51.5 Å². The standard InChI is InChI=1S/C22H20N6O2.C8H9N3O2S/c1-14(2)27-18-7-5-13-24-20(18)28(22(27)29)15-8-10-16(11-9-15)30-21-25-17-6-4-12-23-19(17)26(21)3;1-11-7-6(4-3-5-9-7)10-8(11)14(2,12)13/h4-14H,1-3H3;3-5H,1-2H3. The number of imidazole rings is 3. The molecule has 0 aliphatic carbocycles. The van der Waals surface area contributed by atoms with Gasteiger partial charge < -0.3 is 9.30 Å². The summed E-state index contributed by atoms with van der Waals surface area (Å²) in [7, 11) is 0.213. The maximum absolute atomic E-state index is 13.1. The molecule has 6 heterocycles. The molecule has 0 atom stereocenters. The first kappa shape index (κ1) is 28.7. The Balaban J connectivity index is 0.000000205. The van der Waals surface area contributed by atoms with Crippen LogP contribution >= 0.6 is 0 Å². The minimum absolute atomic E-state index is 0.0270. The molecule has 224 valence electrons. The van der Waals surface area contributed by atoms with Crippen molar-refractivity contribution in [2.24, 2.45) is 14.1 Å². The summed E-state index contributed by atoms with van der Waals surface area (Å²) in [4.78, 5) is 34.4. The van der Waals surface area contributed by atoms with Crippen molar-refractivity contribution >= 4 is 43.3 Å². The van der Waals surface area contributed by atoms with E-state index >= 15 is 0 Å². The molecule has 0 aliphatic rings. The fourth-order valence-corrected chi connectivity index (χ4v) is 5.83. The second-order valence-corrected chi connectivity index (χ2v) is 12.3. The highest BCUT2D eigenvalue weighted by Gasteiger charge is 2.18. The summed E-state index contributed by atoms with van der Waals surface area (Å²) in [6, 6.07) is 18.7. The van der Waals surface area contributed by atoms with E-state index < -0.39 is 9.84 Å². The zero-order chi connectivity index (χ0) is 31.2. The summed E-state index contributed by atoms with van der Waals surface area (Å²) >= 11 is 0. The Morgan fingerprint density at radius 2 is 1.32 bits per heavy atom. The van der Waals surface area contributed by atoms with E-state index in [2.05, 4.69) is 24.9 Å². The van der Waals surface area contributed by atoms with Crippen LogP contribution in [0.15, 0.2) is 89.2 Å². The van der Waals surface area contributed by atoms with Crippen LogP contribution in [0.3, 0.4) is 0 Å². The van der Waals surface area contributed by atoms with Crippen molar-refractivity contribution in [1.29, 1.82) is 0 Å². The molecule has 6 aromatic heterocycles. The molecule has 0 amide bonds. The lowest BCUT2D eigenvalue weighted by Crippen LogP contribution is -2.24. The van der Waals surface area contributed by atoms with E-state index in [1.165, 1.54) is 4.57 Å². The van der Waals surface area contributed by atoms with Crippen LogP contribution in [0, 0.1) is 0 Å². The van der Waals surface area contributed by atoms with Gasteiger partial charge in [-0.3, -0.25) is 9.13 Å². The quantitative estimate of drug-likeness (QED) is 0.279. The van der Waals surface area contributed by atoms with Gasteiger partial charge in [-0.05, 0) is 74.5 Å². The molecule has 0 aliphatic heterocycles. The Kier molecular flexibility index (Phi) is 7.21. The Morgan fingerprint density at radius 1 is 0.750 bits per heavy atom. The maximum Gasteiger partial charge on any atom is 0.335 e. The van der Waals surface area contributed by atoms with E-state index in [-0.39, 0.29) is 16.9 Å². The molecule has 0 radical (unpaired) electrons. The van der Waals surface area contributed by atoms with Gasteiger partial charge in [0.15, 0.2) is 16.9 Å². The highest BCUT2D eigenvalue weighted by molar-refractivity contribution is 7.90. The number of rotatable bonds is 5. The number of sulfone groups is 1. The van der Waals surface area contributed by atoms with Gasteiger partial charge in [0.2, 0.25) is 15.0 Å². The Labute approximate surface area is 252 Å². The summed E-state index contributed by atoms with van der Waals surface area (Å²) < 4.78 is 35.2. The van der Waals surface area contributed by atoms with Crippen LogP contribution in [0.5, 0.6) is 11.8 Å². The lowest BCUT2D eigenvalue weighted by molar-refractivity contribution is 0.427. The van der Waals surface area contributed by atoms with Crippen molar-refractivity contribution in [3.63, 3.8) is 0 Å². The Hall–Kier alpha value is -5.37. The average Bonchev–Trinajstić information content (AvgIpc) is 3.62. The van der Waals surface area contributed by atoms with Crippen molar-refractivity contribution in [2.45, 2.75) is 25.0 Å². The predicted molar refractivity (Wildman–Crippen MR) is 166 cm³/mol. The zero-order valence-electron chi connectivity index (χ0n) is 24.6. The first-order valence-corrected chi connectivity index (χ1v) is 15.5. The predicted octanol–water partition coefficient (Wildman–Crippen LogP) is 4.21. The van der Waals surface area contributed by atoms with Crippen molar-refractivity contribution < 1.29 is 13.2 Å². The molecule has 0 N–H and O–H groups in total. The van der Waals surface area contributed by atoms with Gasteiger partial charge >= 0.3 is 11.7 Å². The van der Waals surface area contributed by atoms with Gasteiger partial charge in [0, 0.05) is 45.0 Å². The fraction of sp³-hybridized carbons (Fsp3) is 0.200. The fourth-order valence-electron chi connectivity index (χ4n) is 4.98. The molecule has 7 rings (SSSR count). The highest BCUT2D eigenvalue weighted by Crippen LogP contribution is 2.26. The van der Waals surface area contributed by atoms with Gasteiger partial charge in [-0.1, -0.05) is 0 Å². The number of ether oxygens (including phenoxy) is 1. The smallest absolute Gasteiger partial charge is 0.335 e. The topological polar surface area (TPSA) is 145 Å². The summed E-state index contributed by atoms with van der Waals surface area (Å²) in [5.74, 6) is 0.616. The number of aryl methyl sites for hydroxylation is 2. The normalized spacial score (nSPS) is 11.8. The molecule has 0 unspecified atom stereocenters. The molecule has 0 spiro atoms. The second kappa shape index (κ2) is 11.0. The molecule has 0 saturated heterocycles. The van der Waals surface area contributed by atoms with Crippen molar-refractivity contribution in [2.75, 3.05) is 6.26 Å². The van der Waals surface area contributed by atoms with Crippen LogP contribution in [0.1, 0.15) is 19.9 Å². The van der Waals surface area contributed by atoms with Crippen LogP contribution < -0.4 is 10.4 Å². The van der Waals surface area contributed by atoms with E-state index in [0.29, 0.717) is 28.6 Å².